The van der Waals surface area contributed by atoms with Crippen LogP contribution in [0.15, 0.2) is 58.4 Å². The Bertz CT molecular complexity index is 856. The molecule has 2 aromatic carbocycles. The van der Waals surface area contributed by atoms with Crippen LogP contribution in [0.1, 0.15) is 12.5 Å². The number of aliphatic imine (C=N–C) groups is 1. The fourth-order valence-electron chi connectivity index (χ4n) is 2.21. The lowest BCUT2D eigenvalue weighted by Crippen LogP contribution is -2.39. The van der Waals surface area contributed by atoms with Crippen LogP contribution in [0.5, 0.6) is 0 Å². The molecule has 0 unspecified atom stereocenters. The minimum absolute atomic E-state index is 0.0247. The molecule has 140 valence electrons. The van der Waals surface area contributed by atoms with Crippen LogP contribution in [0, 0.1) is 0 Å². The maximum atomic E-state index is 12.3. The van der Waals surface area contributed by atoms with Crippen molar-refractivity contribution in [1.82, 2.24) is 10.6 Å². The van der Waals surface area contributed by atoms with Gasteiger partial charge in [0.1, 0.15) is 0 Å². The van der Waals surface area contributed by atoms with E-state index in [1.54, 1.807) is 42.5 Å². The van der Waals surface area contributed by atoms with Gasteiger partial charge in [0.2, 0.25) is 0 Å². The van der Waals surface area contributed by atoms with Crippen molar-refractivity contribution in [3.05, 3.63) is 64.1 Å². The summed E-state index contributed by atoms with van der Waals surface area (Å²) >= 11 is 12.0. The van der Waals surface area contributed by atoms with Gasteiger partial charge in [-0.1, -0.05) is 47.5 Å². The van der Waals surface area contributed by atoms with Gasteiger partial charge in [-0.3, -0.25) is 0 Å². The third-order valence-corrected chi connectivity index (χ3v) is 5.85. The number of nitrogens with one attached hydrogen (secondary N) is 2. The van der Waals surface area contributed by atoms with E-state index in [0.717, 1.165) is 5.56 Å². The maximum Gasteiger partial charge on any atom is 0.191 e. The quantitative estimate of drug-likeness (QED) is 0.537. The van der Waals surface area contributed by atoms with Crippen LogP contribution in [0.25, 0.3) is 0 Å². The van der Waals surface area contributed by atoms with Crippen molar-refractivity contribution in [2.24, 2.45) is 4.99 Å². The highest BCUT2D eigenvalue weighted by molar-refractivity contribution is 7.91. The molecule has 0 saturated carbocycles. The Labute approximate surface area is 164 Å². The molecule has 0 heterocycles. The molecule has 0 radical (unpaired) electrons. The van der Waals surface area contributed by atoms with Crippen LogP contribution >= 0.6 is 23.2 Å². The summed E-state index contributed by atoms with van der Waals surface area (Å²) in [5, 5.41) is 7.24. The van der Waals surface area contributed by atoms with Crippen molar-refractivity contribution in [3.8, 4) is 0 Å². The molecule has 0 bridgehead atoms. The zero-order valence-corrected chi connectivity index (χ0v) is 16.7. The Morgan fingerprint density at radius 1 is 1.08 bits per heavy atom. The van der Waals surface area contributed by atoms with E-state index in [-0.39, 0.29) is 12.3 Å². The summed E-state index contributed by atoms with van der Waals surface area (Å²) in [5.41, 5.74) is 0.838. The van der Waals surface area contributed by atoms with Gasteiger partial charge in [0.15, 0.2) is 15.8 Å². The molecule has 0 atom stereocenters. The van der Waals surface area contributed by atoms with Gasteiger partial charge in [0, 0.05) is 23.1 Å². The monoisotopic (exact) mass is 413 g/mol. The molecular formula is C18H21Cl2N3O2S. The number of benzene rings is 2. The van der Waals surface area contributed by atoms with Crippen LogP contribution in [0.3, 0.4) is 0 Å². The van der Waals surface area contributed by atoms with E-state index in [2.05, 4.69) is 15.6 Å². The van der Waals surface area contributed by atoms with Crippen molar-refractivity contribution in [2.75, 3.05) is 18.8 Å². The molecule has 0 aromatic heterocycles. The Kier molecular flexibility index (Phi) is 7.75. The van der Waals surface area contributed by atoms with Crippen LogP contribution in [0.2, 0.25) is 10.0 Å². The van der Waals surface area contributed by atoms with Crippen LogP contribution in [-0.2, 0) is 16.4 Å². The molecule has 0 spiro atoms. The van der Waals surface area contributed by atoms with E-state index in [1.165, 1.54) is 0 Å². The molecule has 2 N–H and O–H groups in total. The molecule has 0 saturated heterocycles. The zero-order chi connectivity index (χ0) is 19.0. The summed E-state index contributed by atoms with van der Waals surface area (Å²) < 4.78 is 24.6. The lowest BCUT2D eigenvalue weighted by atomic mass is 10.2. The maximum absolute atomic E-state index is 12.3. The van der Waals surface area contributed by atoms with Gasteiger partial charge < -0.3 is 10.6 Å². The largest absolute Gasteiger partial charge is 0.357 e. The molecule has 8 heteroatoms. The smallest absolute Gasteiger partial charge is 0.191 e. The standard InChI is InChI=1S/C18H21Cl2N3O2S/c1-2-21-18(23-13-14-8-9-15(19)12-17(14)20)22-10-11-26(24,25)16-6-4-3-5-7-16/h3-9,12H,2,10-11,13H2,1H3,(H2,21,22,23). The first-order chi connectivity index (χ1) is 12.4. The van der Waals surface area contributed by atoms with Gasteiger partial charge in [0.05, 0.1) is 17.2 Å². The van der Waals surface area contributed by atoms with Crippen LogP contribution < -0.4 is 10.6 Å². The van der Waals surface area contributed by atoms with Crippen molar-refractivity contribution in [1.29, 1.82) is 0 Å². The Balaban J connectivity index is 1.97. The van der Waals surface area contributed by atoms with E-state index in [9.17, 15) is 8.42 Å². The fraction of sp³-hybridized carbons (Fsp3) is 0.278. The molecule has 5 nitrogen and oxygen atoms in total. The number of rotatable bonds is 7. The predicted molar refractivity (Wildman–Crippen MR) is 108 cm³/mol. The highest BCUT2D eigenvalue weighted by atomic mass is 35.5. The molecule has 0 aliphatic carbocycles. The van der Waals surface area contributed by atoms with Gasteiger partial charge in [-0.2, -0.15) is 0 Å². The number of guanidine groups is 1. The van der Waals surface area contributed by atoms with Crippen molar-refractivity contribution < 1.29 is 8.42 Å². The molecule has 0 aliphatic heterocycles. The number of hydrogen-bond donors (Lipinski definition) is 2. The normalized spacial score (nSPS) is 12.0. The molecular weight excluding hydrogens is 393 g/mol. The fourth-order valence-corrected chi connectivity index (χ4v) is 3.85. The number of sulfone groups is 1. The lowest BCUT2D eigenvalue weighted by molar-refractivity contribution is 0.594. The minimum Gasteiger partial charge on any atom is -0.357 e. The summed E-state index contributed by atoms with van der Waals surface area (Å²) in [6.45, 7) is 3.20. The van der Waals surface area contributed by atoms with E-state index in [1.807, 2.05) is 13.0 Å². The van der Waals surface area contributed by atoms with Gasteiger partial charge in [-0.05, 0) is 36.8 Å². The van der Waals surface area contributed by atoms with E-state index >= 15 is 0 Å². The average Bonchev–Trinajstić information content (AvgIpc) is 2.61. The SMILES string of the molecule is CCNC(=NCc1ccc(Cl)cc1Cl)NCCS(=O)(=O)c1ccccc1. The highest BCUT2D eigenvalue weighted by Crippen LogP contribution is 2.21. The lowest BCUT2D eigenvalue weighted by Gasteiger charge is -2.12. The van der Waals surface area contributed by atoms with E-state index < -0.39 is 9.84 Å². The highest BCUT2D eigenvalue weighted by Gasteiger charge is 2.13. The first-order valence-electron chi connectivity index (χ1n) is 8.16. The third kappa shape index (κ3) is 6.20. The Morgan fingerprint density at radius 2 is 1.81 bits per heavy atom. The number of halogens is 2. The molecule has 2 aromatic rings. The molecule has 0 fully saturated rings. The van der Waals surface area contributed by atoms with Gasteiger partial charge >= 0.3 is 0 Å². The van der Waals surface area contributed by atoms with Crippen LogP contribution in [0.4, 0.5) is 0 Å². The van der Waals surface area contributed by atoms with E-state index in [0.29, 0.717) is 34.0 Å². The summed E-state index contributed by atoms with van der Waals surface area (Å²) in [6, 6.07) is 13.6. The molecule has 0 amide bonds. The summed E-state index contributed by atoms with van der Waals surface area (Å²) in [4.78, 5) is 4.75. The van der Waals surface area contributed by atoms with Gasteiger partial charge in [-0.25, -0.2) is 13.4 Å². The summed E-state index contributed by atoms with van der Waals surface area (Å²) in [7, 11) is -3.33. The van der Waals surface area contributed by atoms with Gasteiger partial charge in [0.25, 0.3) is 0 Å². The second kappa shape index (κ2) is 9.80. The molecule has 0 aliphatic rings. The molecule has 26 heavy (non-hydrogen) atoms. The van der Waals surface area contributed by atoms with Gasteiger partial charge in [-0.15, -0.1) is 0 Å². The van der Waals surface area contributed by atoms with Crippen molar-refractivity contribution >= 4 is 39.0 Å². The number of hydrogen-bond acceptors (Lipinski definition) is 3. The van der Waals surface area contributed by atoms with Crippen LogP contribution in [-0.4, -0.2) is 33.2 Å². The first-order valence-corrected chi connectivity index (χ1v) is 10.6. The number of nitrogens with zero attached hydrogens (tertiary/aromatic N) is 1. The zero-order valence-electron chi connectivity index (χ0n) is 14.4. The Hall–Kier alpha value is -1.76. The topological polar surface area (TPSA) is 70.6 Å². The second-order valence-corrected chi connectivity index (χ2v) is 8.44. The van der Waals surface area contributed by atoms with E-state index in [4.69, 9.17) is 23.2 Å². The Morgan fingerprint density at radius 3 is 2.46 bits per heavy atom. The first kappa shape index (κ1) is 20.6. The summed E-state index contributed by atoms with van der Waals surface area (Å²) in [5.74, 6) is 0.505. The average molecular weight is 414 g/mol. The third-order valence-electron chi connectivity index (χ3n) is 3.53. The minimum atomic E-state index is -3.33. The molecule has 2 rings (SSSR count). The van der Waals surface area contributed by atoms with Crippen molar-refractivity contribution in [3.63, 3.8) is 0 Å². The van der Waals surface area contributed by atoms with Crippen molar-refractivity contribution in [2.45, 2.75) is 18.4 Å². The second-order valence-electron chi connectivity index (χ2n) is 5.49. The summed E-state index contributed by atoms with van der Waals surface area (Å²) in [6.07, 6.45) is 0. The predicted octanol–water partition coefficient (Wildman–Crippen LogP) is 3.52.